The fraction of sp³-hybridized carbons (Fsp3) is 0.355. The molecule has 9 nitrogen and oxygen atoms in total. The van der Waals surface area contributed by atoms with Gasteiger partial charge in [0.15, 0.2) is 0 Å². The minimum atomic E-state index is -3.54. The number of carbonyl (C=O) groups excluding carboxylic acids is 2. The van der Waals surface area contributed by atoms with Crippen molar-refractivity contribution in [2.45, 2.75) is 62.7 Å². The van der Waals surface area contributed by atoms with Crippen molar-refractivity contribution in [2.75, 3.05) is 14.2 Å². The first-order valence-corrected chi connectivity index (χ1v) is 15.1. The van der Waals surface area contributed by atoms with Crippen LogP contribution >= 0.6 is 0 Å². The molecule has 0 aromatic heterocycles. The van der Waals surface area contributed by atoms with Gasteiger partial charge in [0.1, 0.15) is 17.5 Å². The number of methoxy groups -OCH3 is 2. The van der Waals surface area contributed by atoms with Gasteiger partial charge in [0.05, 0.1) is 19.1 Å². The molecule has 41 heavy (non-hydrogen) atoms. The van der Waals surface area contributed by atoms with E-state index < -0.39 is 16.1 Å². The van der Waals surface area contributed by atoms with Crippen LogP contribution in [0.25, 0.3) is 0 Å². The summed E-state index contributed by atoms with van der Waals surface area (Å²) in [6, 6.07) is 20.7. The fourth-order valence-electron chi connectivity index (χ4n) is 4.41. The number of nitrogens with one attached hydrogen (secondary N) is 2. The maximum absolute atomic E-state index is 13.5. The lowest BCUT2D eigenvalue weighted by atomic mass is 10.1. The van der Waals surface area contributed by atoms with Gasteiger partial charge in [-0.3, -0.25) is 9.59 Å². The summed E-state index contributed by atoms with van der Waals surface area (Å²) in [6.07, 6.45) is 2.29. The quantitative estimate of drug-likeness (QED) is 0.300. The summed E-state index contributed by atoms with van der Waals surface area (Å²) < 4.78 is 38.2. The van der Waals surface area contributed by atoms with Gasteiger partial charge >= 0.3 is 0 Å². The highest BCUT2D eigenvalue weighted by Gasteiger charge is 2.28. The molecule has 1 saturated carbocycles. The van der Waals surface area contributed by atoms with Crippen molar-refractivity contribution in [3.63, 3.8) is 0 Å². The van der Waals surface area contributed by atoms with Crippen molar-refractivity contribution in [2.24, 2.45) is 0 Å². The van der Waals surface area contributed by atoms with E-state index in [-0.39, 0.29) is 42.3 Å². The van der Waals surface area contributed by atoms with Crippen LogP contribution < -0.4 is 19.5 Å². The number of sulfonamides is 1. The summed E-state index contributed by atoms with van der Waals surface area (Å²) in [6.45, 7) is 2.23. The molecule has 218 valence electrons. The van der Waals surface area contributed by atoms with Crippen LogP contribution in [0.5, 0.6) is 11.5 Å². The number of hydrogen-bond acceptors (Lipinski definition) is 6. The van der Waals surface area contributed by atoms with E-state index in [1.54, 1.807) is 50.3 Å². The van der Waals surface area contributed by atoms with Crippen molar-refractivity contribution in [1.82, 2.24) is 14.9 Å². The molecule has 2 amide bonds. The molecule has 0 heterocycles. The van der Waals surface area contributed by atoms with Crippen LogP contribution in [-0.4, -0.2) is 51.4 Å². The van der Waals surface area contributed by atoms with Crippen LogP contribution in [0.3, 0.4) is 0 Å². The summed E-state index contributed by atoms with van der Waals surface area (Å²) in [5, 5.41) is 2.93. The molecule has 0 aliphatic heterocycles. The Morgan fingerprint density at radius 2 is 1.59 bits per heavy atom. The van der Waals surface area contributed by atoms with E-state index >= 15 is 0 Å². The fourth-order valence-corrected chi connectivity index (χ4v) is 5.71. The highest BCUT2D eigenvalue weighted by molar-refractivity contribution is 7.89. The van der Waals surface area contributed by atoms with Crippen LogP contribution in [0.1, 0.15) is 42.9 Å². The zero-order valence-corrected chi connectivity index (χ0v) is 24.4. The molecule has 1 fully saturated rings. The minimum Gasteiger partial charge on any atom is -0.497 e. The average Bonchev–Trinajstić information content (AvgIpc) is 3.81. The Kier molecular flexibility index (Phi) is 10.0. The summed E-state index contributed by atoms with van der Waals surface area (Å²) in [5.41, 5.74) is 2.53. The summed E-state index contributed by atoms with van der Waals surface area (Å²) in [4.78, 5) is 28.5. The predicted molar refractivity (Wildman–Crippen MR) is 156 cm³/mol. The minimum absolute atomic E-state index is 0.0305. The monoisotopic (exact) mass is 579 g/mol. The Morgan fingerprint density at radius 3 is 2.22 bits per heavy atom. The van der Waals surface area contributed by atoms with Gasteiger partial charge in [0.2, 0.25) is 21.8 Å². The third-order valence-corrected chi connectivity index (χ3v) is 8.62. The molecule has 0 saturated heterocycles. The molecule has 0 radical (unpaired) electrons. The van der Waals surface area contributed by atoms with Gasteiger partial charge < -0.3 is 19.7 Å². The Hall–Kier alpha value is -3.89. The number of para-hydroxylation sites is 1. The zero-order valence-electron chi connectivity index (χ0n) is 23.6. The molecule has 0 spiro atoms. The molecule has 1 aliphatic carbocycles. The SMILES string of the molecule is COc1ccc(CN(C(=O)CCc2ccc(S(=O)(=O)NC3CC3)cc2)[C@H](C)C(=O)NCc2ccccc2OC)cc1. The normalized spacial score (nSPS) is 13.7. The van der Waals surface area contributed by atoms with Gasteiger partial charge in [-0.05, 0) is 67.6 Å². The van der Waals surface area contributed by atoms with Gasteiger partial charge in [-0.15, -0.1) is 0 Å². The smallest absolute Gasteiger partial charge is 0.242 e. The number of ether oxygens (including phenoxy) is 2. The third kappa shape index (κ3) is 8.31. The van der Waals surface area contributed by atoms with Crippen LogP contribution in [0, 0.1) is 0 Å². The van der Waals surface area contributed by atoms with Crippen molar-refractivity contribution < 1.29 is 27.5 Å². The van der Waals surface area contributed by atoms with Gasteiger partial charge in [0.25, 0.3) is 0 Å². The first kappa shape index (κ1) is 30.1. The maximum atomic E-state index is 13.5. The van der Waals surface area contributed by atoms with Crippen molar-refractivity contribution in [3.05, 3.63) is 89.5 Å². The highest BCUT2D eigenvalue weighted by Crippen LogP contribution is 2.23. The van der Waals surface area contributed by atoms with Crippen LogP contribution in [0.2, 0.25) is 0 Å². The largest absolute Gasteiger partial charge is 0.497 e. The van der Waals surface area contributed by atoms with E-state index in [1.165, 1.54) is 0 Å². The zero-order chi connectivity index (χ0) is 29.4. The summed E-state index contributed by atoms with van der Waals surface area (Å²) in [5.74, 6) is 0.907. The number of hydrogen-bond donors (Lipinski definition) is 2. The Morgan fingerprint density at radius 1 is 0.927 bits per heavy atom. The number of amides is 2. The first-order valence-electron chi connectivity index (χ1n) is 13.6. The molecular formula is C31H37N3O6S. The molecule has 4 rings (SSSR count). The van der Waals surface area contributed by atoms with Crippen LogP contribution in [0.15, 0.2) is 77.7 Å². The molecule has 2 N–H and O–H groups in total. The molecule has 0 bridgehead atoms. The van der Waals surface area contributed by atoms with E-state index in [0.717, 1.165) is 29.5 Å². The lowest BCUT2D eigenvalue weighted by molar-refractivity contribution is -0.140. The molecule has 3 aromatic rings. The Balaban J connectivity index is 1.43. The van der Waals surface area contributed by atoms with Crippen molar-refractivity contribution >= 4 is 21.8 Å². The van der Waals surface area contributed by atoms with Crippen LogP contribution in [0.4, 0.5) is 0 Å². The van der Waals surface area contributed by atoms with E-state index in [0.29, 0.717) is 17.9 Å². The molecule has 0 unspecified atom stereocenters. The second kappa shape index (κ2) is 13.6. The summed E-state index contributed by atoms with van der Waals surface area (Å²) in [7, 11) is -0.368. The van der Waals surface area contributed by atoms with E-state index in [2.05, 4.69) is 10.0 Å². The van der Waals surface area contributed by atoms with Gasteiger partial charge in [-0.25, -0.2) is 13.1 Å². The predicted octanol–water partition coefficient (Wildman–Crippen LogP) is 3.81. The Labute approximate surface area is 241 Å². The molecule has 1 atom stereocenters. The second-order valence-electron chi connectivity index (χ2n) is 10.1. The van der Waals surface area contributed by atoms with Gasteiger partial charge in [-0.1, -0.05) is 42.5 Å². The number of nitrogens with zero attached hydrogens (tertiary/aromatic N) is 1. The lowest BCUT2D eigenvalue weighted by Gasteiger charge is -2.29. The average molecular weight is 580 g/mol. The maximum Gasteiger partial charge on any atom is 0.242 e. The van der Waals surface area contributed by atoms with Crippen LogP contribution in [-0.2, 0) is 39.1 Å². The third-order valence-electron chi connectivity index (χ3n) is 7.09. The number of carbonyl (C=O) groups is 2. The summed E-state index contributed by atoms with van der Waals surface area (Å²) >= 11 is 0. The molecule has 10 heteroatoms. The molecule has 1 aliphatic rings. The topological polar surface area (TPSA) is 114 Å². The lowest BCUT2D eigenvalue weighted by Crippen LogP contribution is -2.47. The molecule has 3 aromatic carbocycles. The molecular weight excluding hydrogens is 542 g/mol. The van der Waals surface area contributed by atoms with Crippen molar-refractivity contribution in [1.29, 1.82) is 0 Å². The number of benzene rings is 3. The Bertz CT molecular complexity index is 1440. The highest BCUT2D eigenvalue weighted by atomic mass is 32.2. The van der Waals surface area contributed by atoms with E-state index in [1.807, 2.05) is 48.5 Å². The standard InChI is InChI=1S/C31H37N3O6S/c1-22(31(36)32-20-25-6-4-5-7-29(25)40-3)34(21-24-8-15-27(39-2)16-9-24)30(35)19-12-23-10-17-28(18-11-23)41(37,38)33-26-13-14-26/h4-11,15-18,22,26,33H,12-14,19-21H2,1-3H3,(H,32,36)/t22-/m1/s1. The van der Waals surface area contributed by atoms with Gasteiger partial charge in [0, 0.05) is 31.1 Å². The first-order chi connectivity index (χ1) is 19.7. The van der Waals surface area contributed by atoms with E-state index in [9.17, 15) is 18.0 Å². The van der Waals surface area contributed by atoms with E-state index in [4.69, 9.17) is 9.47 Å². The van der Waals surface area contributed by atoms with Gasteiger partial charge in [-0.2, -0.15) is 0 Å². The number of rotatable bonds is 14. The number of aryl methyl sites for hydroxylation is 1. The van der Waals surface area contributed by atoms with Crippen molar-refractivity contribution in [3.8, 4) is 11.5 Å². The second-order valence-corrected chi connectivity index (χ2v) is 11.8.